The summed E-state index contributed by atoms with van der Waals surface area (Å²) < 4.78 is 32.6. The van der Waals surface area contributed by atoms with Crippen LogP contribution in [0, 0.1) is 0 Å². The third kappa shape index (κ3) is 7.74. The molecule has 0 aromatic heterocycles. The molecule has 3 aromatic carbocycles. The lowest BCUT2D eigenvalue weighted by atomic mass is 9.90. The smallest absolute Gasteiger partial charge is 0.324 e. The van der Waals surface area contributed by atoms with Crippen LogP contribution in [0.15, 0.2) is 78.9 Å². The second-order valence-corrected chi connectivity index (χ2v) is 11.2. The SMILES string of the molecule is COC(=O)C(Cc1ccc(NC(=O)c2ccc(C3CCNCC3)cc2)cc1)NS(=O)(=O)Cc1ccccc1. The third-order valence-corrected chi connectivity index (χ3v) is 8.00. The maximum atomic E-state index is 12.7. The van der Waals surface area contributed by atoms with Gasteiger partial charge >= 0.3 is 5.97 Å². The van der Waals surface area contributed by atoms with Crippen molar-refractivity contribution in [3.8, 4) is 0 Å². The summed E-state index contributed by atoms with van der Waals surface area (Å²) in [4.78, 5) is 25.1. The van der Waals surface area contributed by atoms with Gasteiger partial charge < -0.3 is 15.4 Å². The van der Waals surface area contributed by atoms with Gasteiger partial charge in [0.2, 0.25) is 10.0 Å². The summed E-state index contributed by atoms with van der Waals surface area (Å²) in [5.41, 5.74) is 3.76. The minimum absolute atomic E-state index is 0.104. The summed E-state index contributed by atoms with van der Waals surface area (Å²) in [5, 5.41) is 6.25. The molecule has 0 aliphatic carbocycles. The van der Waals surface area contributed by atoms with Crippen LogP contribution in [0.25, 0.3) is 0 Å². The number of carbonyl (C=O) groups is 2. The molecule has 4 rings (SSSR count). The van der Waals surface area contributed by atoms with Crippen LogP contribution in [0.5, 0.6) is 0 Å². The number of piperidine rings is 1. The van der Waals surface area contributed by atoms with E-state index in [1.54, 1.807) is 54.6 Å². The number of sulfonamides is 1. The van der Waals surface area contributed by atoms with Gasteiger partial charge in [0.15, 0.2) is 0 Å². The van der Waals surface area contributed by atoms with E-state index in [1.165, 1.54) is 12.7 Å². The van der Waals surface area contributed by atoms with Crippen LogP contribution >= 0.6 is 0 Å². The Morgan fingerprint density at radius 2 is 1.58 bits per heavy atom. The lowest BCUT2D eigenvalue weighted by molar-refractivity contribution is -0.142. The third-order valence-electron chi connectivity index (χ3n) is 6.64. The number of hydrogen-bond donors (Lipinski definition) is 3. The average molecular weight is 536 g/mol. The van der Waals surface area contributed by atoms with Gasteiger partial charge in [0.25, 0.3) is 5.91 Å². The van der Waals surface area contributed by atoms with Gasteiger partial charge in [0, 0.05) is 11.3 Å². The molecule has 0 bridgehead atoms. The summed E-state index contributed by atoms with van der Waals surface area (Å²) in [6, 6.07) is 22.4. The molecule has 1 aliphatic heterocycles. The molecule has 1 atom stereocenters. The van der Waals surface area contributed by atoms with Crippen LogP contribution in [0.4, 0.5) is 5.69 Å². The fourth-order valence-corrected chi connectivity index (χ4v) is 5.92. The lowest BCUT2D eigenvalue weighted by Crippen LogP contribution is -2.43. The van der Waals surface area contributed by atoms with Crippen molar-refractivity contribution in [3.05, 3.63) is 101 Å². The van der Waals surface area contributed by atoms with E-state index in [9.17, 15) is 18.0 Å². The monoisotopic (exact) mass is 535 g/mol. The molecule has 1 aliphatic rings. The van der Waals surface area contributed by atoms with Crippen LogP contribution in [0.3, 0.4) is 0 Å². The average Bonchev–Trinajstić information content (AvgIpc) is 2.94. The fraction of sp³-hybridized carbons (Fsp3) is 0.310. The zero-order valence-electron chi connectivity index (χ0n) is 21.4. The Hall–Kier alpha value is -3.53. The number of benzene rings is 3. The molecule has 38 heavy (non-hydrogen) atoms. The molecule has 0 radical (unpaired) electrons. The highest BCUT2D eigenvalue weighted by Gasteiger charge is 2.26. The summed E-state index contributed by atoms with van der Waals surface area (Å²) in [5.74, 6) is -0.606. The molecule has 1 unspecified atom stereocenters. The van der Waals surface area contributed by atoms with Crippen molar-refractivity contribution >= 4 is 27.6 Å². The zero-order valence-corrected chi connectivity index (χ0v) is 22.2. The van der Waals surface area contributed by atoms with Gasteiger partial charge in [-0.2, -0.15) is 0 Å². The Labute approximate surface area is 223 Å². The number of carbonyl (C=O) groups excluding carboxylic acids is 2. The number of amides is 1. The summed E-state index contributed by atoms with van der Waals surface area (Å²) in [7, 11) is -2.56. The van der Waals surface area contributed by atoms with Gasteiger partial charge in [-0.05, 0) is 79.2 Å². The van der Waals surface area contributed by atoms with Crippen molar-refractivity contribution in [3.63, 3.8) is 0 Å². The minimum atomic E-state index is -3.79. The number of rotatable bonds is 10. The maximum Gasteiger partial charge on any atom is 0.324 e. The molecular weight excluding hydrogens is 502 g/mol. The second kappa shape index (κ2) is 12.8. The minimum Gasteiger partial charge on any atom is -0.468 e. The van der Waals surface area contributed by atoms with Crippen LogP contribution in [0.1, 0.15) is 45.8 Å². The maximum absolute atomic E-state index is 12.7. The van der Waals surface area contributed by atoms with Crippen LogP contribution in [-0.2, 0) is 31.7 Å². The topological polar surface area (TPSA) is 114 Å². The van der Waals surface area contributed by atoms with E-state index in [-0.39, 0.29) is 18.1 Å². The van der Waals surface area contributed by atoms with Crippen molar-refractivity contribution in [2.45, 2.75) is 37.0 Å². The zero-order chi connectivity index (χ0) is 27.0. The molecule has 8 nitrogen and oxygen atoms in total. The Kier molecular flexibility index (Phi) is 9.28. The molecule has 1 fully saturated rings. The van der Waals surface area contributed by atoms with Crippen molar-refractivity contribution in [2.24, 2.45) is 0 Å². The van der Waals surface area contributed by atoms with Gasteiger partial charge in [-0.25, -0.2) is 13.1 Å². The molecule has 1 amide bonds. The van der Waals surface area contributed by atoms with E-state index in [0.29, 0.717) is 28.3 Å². The highest BCUT2D eigenvalue weighted by molar-refractivity contribution is 7.88. The standard InChI is InChI=1S/C29H33N3O5S/c1-37-29(34)27(32-38(35,36)20-22-5-3-2-4-6-22)19-21-7-13-26(14-8-21)31-28(33)25-11-9-23(10-12-25)24-15-17-30-18-16-24/h2-14,24,27,30,32H,15-20H2,1H3,(H,31,33). The molecule has 0 saturated carbocycles. The van der Waals surface area contributed by atoms with Crippen molar-refractivity contribution in [1.82, 2.24) is 10.0 Å². The molecule has 1 heterocycles. The van der Waals surface area contributed by atoms with Gasteiger partial charge in [-0.15, -0.1) is 0 Å². The van der Waals surface area contributed by atoms with E-state index < -0.39 is 22.0 Å². The molecule has 1 saturated heterocycles. The second-order valence-electron chi connectivity index (χ2n) is 9.44. The highest BCUT2D eigenvalue weighted by atomic mass is 32.2. The predicted molar refractivity (Wildman–Crippen MR) is 147 cm³/mol. The van der Waals surface area contributed by atoms with Crippen molar-refractivity contribution in [2.75, 3.05) is 25.5 Å². The van der Waals surface area contributed by atoms with Gasteiger partial charge in [0.1, 0.15) is 6.04 Å². The quantitative estimate of drug-likeness (QED) is 0.342. The Balaban J connectivity index is 1.36. The van der Waals surface area contributed by atoms with E-state index in [1.807, 2.05) is 24.3 Å². The number of anilines is 1. The summed E-state index contributed by atoms with van der Waals surface area (Å²) >= 11 is 0. The number of hydrogen-bond acceptors (Lipinski definition) is 6. The van der Waals surface area contributed by atoms with E-state index in [0.717, 1.165) is 25.9 Å². The predicted octanol–water partition coefficient (Wildman–Crippen LogP) is 3.61. The van der Waals surface area contributed by atoms with E-state index in [4.69, 9.17) is 4.74 Å². The van der Waals surface area contributed by atoms with Crippen molar-refractivity contribution in [1.29, 1.82) is 0 Å². The van der Waals surface area contributed by atoms with Crippen LogP contribution in [0.2, 0.25) is 0 Å². The van der Waals surface area contributed by atoms with Gasteiger partial charge in [-0.3, -0.25) is 9.59 Å². The molecule has 3 N–H and O–H groups in total. The first-order valence-electron chi connectivity index (χ1n) is 12.7. The van der Waals surface area contributed by atoms with Gasteiger partial charge in [-0.1, -0.05) is 54.6 Å². The first-order chi connectivity index (χ1) is 18.3. The normalized spacial score (nSPS) is 15.0. The van der Waals surface area contributed by atoms with Crippen LogP contribution in [-0.4, -0.2) is 46.5 Å². The first kappa shape index (κ1) is 27.5. The highest BCUT2D eigenvalue weighted by Crippen LogP contribution is 2.25. The summed E-state index contributed by atoms with van der Waals surface area (Å²) in [6.07, 6.45) is 2.31. The summed E-state index contributed by atoms with van der Waals surface area (Å²) in [6.45, 7) is 2.03. The Morgan fingerprint density at radius 3 is 2.21 bits per heavy atom. The van der Waals surface area contributed by atoms with Gasteiger partial charge in [0.05, 0.1) is 12.9 Å². The Morgan fingerprint density at radius 1 is 0.921 bits per heavy atom. The largest absolute Gasteiger partial charge is 0.468 e. The molecular formula is C29H33N3O5S. The first-order valence-corrected chi connectivity index (χ1v) is 14.3. The number of ether oxygens (including phenoxy) is 1. The molecule has 0 spiro atoms. The lowest BCUT2D eigenvalue weighted by Gasteiger charge is -2.23. The fourth-order valence-electron chi connectivity index (χ4n) is 4.59. The Bertz CT molecular complexity index is 1320. The number of nitrogens with one attached hydrogen (secondary N) is 3. The van der Waals surface area contributed by atoms with E-state index in [2.05, 4.69) is 15.4 Å². The van der Waals surface area contributed by atoms with Crippen LogP contribution < -0.4 is 15.4 Å². The molecule has 200 valence electrons. The molecule has 3 aromatic rings. The van der Waals surface area contributed by atoms with E-state index >= 15 is 0 Å². The molecule has 9 heteroatoms. The van der Waals surface area contributed by atoms with Crippen molar-refractivity contribution < 1.29 is 22.7 Å². The number of esters is 1. The number of methoxy groups -OCH3 is 1.